The molecular formula is C26H24N4O2. The lowest BCUT2D eigenvalue weighted by atomic mass is 10.0. The summed E-state index contributed by atoms with van der Waals surface area (Å²) in [6, 6.07) is 25.8. The van der Waals surface area contributed by atoms with Crippen molar-refractivity contribution in [3.63, 3.8) is 0 Å². The summed E-state index contributed by atoms with van der Waals surface area (Å²) < 4.78 is 5.17. The number of carbonyl (C=O) groups is 1. The predicted octanol–water partition coefficient (Wildman–Crippen LogP) is 4.27. The van der Waals surface area contributed by atoms with Gasteiger partial charge in [-0.2, -0.15) is 0 Å². The van der Waals surface area contributed by atoms with E-state index in [4.69, 9.17) is 4.74 Å². The SMILES string of the molecule is COc1ccc(C(=O)N2CCN(c3ccc(-c4cccc5ccccc45)nn3)CC2)cc1. The summed E-state index contributed by atoms with van der Waals surface area (Å²) in [5.41, 5.74) is 2.62. The van der Waals surface area contributed by atoms with E-state index in [-0.39, 0.29) is 5.91 Å². The van der Waals surface area contributed by atoms with Crippen molar-refractivity contribution < 1.29 is 9.53 Å². The summed E-state index contributed by atoms with van der Waals surface area (Å²) in [5, 5.41) is 11.4. The molecule has 0 atom stereocenters. The Kier molecular flexibility index (Phi) is 5.42. The van der Waals surface area contributed by atoms with Gasteiger partial charge in [-0.25, -0.2) is 0 Å². The van der Waals surface area contributed by atoms with Crippen LogP contribution in [0.2, 0.25) is 0 Å². The summed E-state index contributed by atoms with van der Waals surface area (Å²) in [6.45, 7) is 2.75. The highest BCUT2D eigenvalue weighted by Crippen LogP contribution is 2.27. The minimum atomic E-state index is 0.0460. The highest BCUT2D eigenvalue weighted by Gasteiger charge is 2.23. The van der Waals surface area contributed by atoms with E-state index in [1.165, 1.54) is 10.8 Å². The van der Waals surface area contributed by atoms with E-state index < -0.39 is 0 Å². The molecule has 32 heavy (non-hydrogen) atoms. The minimum absolute atomic E-state index is 0.0460. The summed E-state index contributed by atoms with van der Waals surface area (Å²) in [4.78, 5) is 16.9. The van der Waals surface area contributed by atoms with Gasteiger partial charge in [-0.1, -0.05) is 42.5 Å². The number of anilines is 1. The standard InChI is InChI=1S/C26H24N4O2/c1-32-21-11-9-20(10-12-21)26(31)30-17-15-29(16-18-30)25-14-13-24(27-28-25)23-8-4-6-19-5-2-3-7-22(19)23/h2-14H,15-18H2,1H3. The second-order valence-corrected chi connectivity index (χ2v) is 7.81. The fourth-order valence-electron chi connectivity index (χ4n) is 4.14. The molecule has 1 aliphatic rings. The van der Waals surface area contributed by atoms with Crippen molar-refractivity contribution in [2.24, 2.45) is 0 Å². The normalized spacial score (nSPS) is 13.9. The Morgan fingerprint density at radius 1 is 0.812 bits per heavy atom. The molecule has 0 radical (unpaired) electrons. The van der Waals surface area contributed by atoms with Gasteiger partial charge in [0.05, 0.1) is 12.8 Å². The van der Waals surface area contributed by atoms with Gasteiger partial charge in [0, 0.05) is 37.3 Å². The first-order chi connectivity index (χ1) is 15.7. The van der Waals surface area contributed by atoms with E-state index in [9.17, 15) is 4.79 Å². The quantitative estimate of drug-likeness (QED) is 0.490. The molecule has 0 aliphatic carbocycles. The maximum Gasteiger partial charge on any atom is 0.253 e. The van der Waals surface area contributed by atoms with E-state index in [0.717, 1.165) is 35.9 Å². The van der Waals surface area contributed by atoms with Crippen molar-refractivity contribution in [2.45, 2.75) is 0 Å². The third-order valence-electron chi connectivity index (χ3n) is 5.94. The second kappa shape index (κ2) is 8.67. The summed E-state index contributed by atoms with van der Waals surface area (Å²) >= 11 is 0. The molecule has 1 fully saturated rings. The number of aromatic nitrogens is 2. The lowest BCUT2D eigenvalue weighted by Crippen LogP contribution is -2.49. The third kappa shape index (κ3) is 3.87. The Morgan fingerprint density at radius 3 is 2.28 bits per heavy atom. The number of nitrogens with zero attached hydrogens (tertiary/aromatic N) is 4. The Morgan fingerprint density at radius 2 is 1.56 bits per heavy atom. The molecule has 1 amide bonds. The van der Waals surface area contributed by atoms with E-state index in [1.54, 1.807) is 7.11 Å². The first-order valence-electron chi connectivity index (χ1n) is 10.7. The number of hydrogen-bond acceptors (Lipinski definition) is 5. The largest absolute Gasteiger partial charge is 0.497 e. The number of rotatable bonds is 4. The van der Waals surface area contributed by atoms with E-state index in [1.807, 2.05) is 59.5 Å². The van der Waals surface area contributed by atoms with Gasteiger partial charge in [-0.15, -0.1) is 10.2 Å². The number of ether oxygens (including phenoxy) is 1. The van der Waals surface area contributed by atoms with Gasteiger partial charge in [0.2, 0.25) is 0 Å². The fraction of sp³-hybridized carbons (Fsp3) is 0.192. The number of carbonyl (C=O) groups excluding carboxylic acids is 1. The molecule has 6 nitrogen and oxygen atoms in total. The summed E-state index contributed by atoms with van der Waals surface area (Å²) in [6.07, 6.45) is 0. The van der Waals surface area contributed by atoms with Crippen LogP contribution in [0.25, 0.3) is 22.0 Å². The van der Waals surface area contributed by atoms with Crippen molar-refractivity contribution in [1.82, 2.24) is 15.1 Å². The van der Waals surface area contributed by atoms with Crippen LogP contribution in [-0.4, -0.2) is 54.3 Å². The third-order valence-corrected chi connectivity index (χ3v) is 5.94. The molecule has 5 rings (SSSR count). The zero-order valence-corrected chi connectivity index (χ0v) is 17.9. The molecule has 1 aliphatic heterocycles. The van der Waals surface area contributed by atoms with E-state index >= 15 is 0 Å². The first-order valence-corrected chi connectivity index (χ1v) is 10.7. The van der Waals surface area contributed by atoms with Gasteiger partial charge < -0.3 is 14.5 Å². The van der Waals surface area contributed by atoms with Crippen LogP contribution in [0.1, 0.15) is 10.4 Å². The maximum absolute atomic E-state index is 12.8. The van der Waals surface area contributed by atoms with Crippen molar-refractivity contribution in [3.8, 4) is 17.0 Å². The lowest BCUT2D eigenvalue weighted by Gasteiger charge is -2.35. The molecule has 0 unspecified atom stereocenters. The Balaban J connectivity index is 1.26. The topological polar surface area (TPSA) is 58.6 Å². The van der Waals surface area contributed by atoms with Crippen molar-refractivity contribution in [3.05, 3.63) is 84.4 Å². The highest BCUT2D eigenvalue weighted by molar-refractivity contribution is 5.96. The number of methoxy groups -OCH3 is 1. The molecule has 4 aromatic rings. The van der Waals surface area contributed by atoms with Crippen molar-refractivity contribution in [2.75, 3.05) is 38.2 Å². The van der Waals surface area contributed by atoms with Crippen LogP contribution in [0.4, 0.5) is 5.82 Å². The van der Waals surface area contributed by atoms with Gasteiger partial charge >= 0.3 is 0 Å². The number of piperazine rings is 1. The summed E-state index contributed by atoms with van der Waals surface area (Å²) in [5.74, 6) is 1.63. The molecule has 0 spiro atoms. The van der Waals surface area contributed by atoms with Crippen LogP contribution in [0.3, 0.4) is 0 Å². The van der Waals surface area contributed by atoms with Crippen LogP contribution in [0.15, 0.2) is 78.9 Å². The zero-order valence-electron chi connectivity index (χ0n) is 17.9. The van der Waals surface area contributed by atoms with Crippen LogP contribution in [0.5, 0.6) is 5.75 Å². The Labute approximate surface area is 187 Å². The fourth-order valence-corrected chi connectivity index (χ4v) is 4.14. The van der Waals surface area contributed by atoms with Crippen molar-refractivity contribution >= 4 is 22.5 Å². The van der Waals surface area contributed by atoms with Crippen molar-refractivity contribution in [1.29, 1.82) is 0 Å². The van der Waals surface area contributed by atoms with Gasteiger partial charge in [-0.3, -0.25) is 4.79 Å². The lowest BCUT2D eigenvalue weighted by molar-refractivity contribution is 0.0746. The molecule has 6 heteroatoms. The number of amides is 1. The van der Waals surface area contributed by atoms with E-state index in [0.29, 0.717) is 18.7 Å². The number of hydrogen-bond donors (Lipinski definition) is 0. The first kappa shape index (κ1) is 20.0. The molecule has 1 aromatic heterocycles. The van der Waals surface area contributed by atoms with Gasteiger partial charge in [0.25, 0.3) is 5.91 Å². The smallest absolute Gasteiger partial charge is 0.253 e. The molecule has 3 aromatic carbocycles. The predicted molar refractivity (Wildman–Crippen MR) is 126 cm³/mol. The zero-order chi connectivity index (χ0) is 21.9. The molecule has 2 heterocycles. The molecule has 1 saturated heterocycles. The Bertz CT molecular complexity index is 1230. The number of fused-ring (bicyclic) bond motifs is 1. The Hall–Kier alpha value is -3.93. The van der Waals surface area contributed by atoms with Gasteiger partial charge in [0.15, 0.2) is 5.82 Å². The molecule has 0 saturated carbocycles. The molecule has 0 bridgehead atoms. The van der Waals surface area contributed by atoms with Crippen LogP contribution < -0.4 is 9.64 Å². The van der Waals surface area contributed by atoms with Crippen LogP contribution in [-0.2, 0) is 0 Å². The molecule has 0 N–H and O–H groups in total. The molecular weight excluding hydrogens is 400 g/mol. The van der Waals surface area contributed by atoms with Crippen LogP contribution >= 0.6 is 0 Å². The monoisotopic (exact) mass is 424 g/mol. The number of benzene rings is 3. The van der Waals surface area contributed by atoms with Gasteiger partial charge in [-0.05, 0) is 47.2 Å². The summed E-state index contributed by atoms with van der Waals surface area (Å²) in [7, 11) is 1.62. The average Bonchev–Trinajstić information content (AvgIpc) is 2.88. The highest BCUT2D eigenvalue weighted by atomic mass is 16.5. The van der Waals surface area contributed by atoms with Crippen LogP contribution in [0, 0.1) is 0 Å². The maximum atomic E-state index is 12.8. The average molecular weight is 425 g/mol. The van der Waals surface area contributed by atoms with Gasteiger partial charge in [0.1, 0.15) is 5.75 Å². The van der Waals surface area contributed by atoms with E-state index in [2.05, 4.69) is 39.4 Å². The second-order valence-electron chi connectivity index (χ2n) is 7.81. The minimum Gasteiger partial charge on any atom is -0.497 e. The molecule has 160 valence electrons.